The molecule has 0 amide bonds. The molecule has 2 unspecified atom stereocenters. The first-order chi connectivity index (χ1) is 7.37. The largest absolute Gasteiger partial charge is 0.411 e. The van der Waals surface area contributed by atoms with Gasteiger partial charge in [-0.1, -0.05) is 0 Å². The summed E-state index contributed by atoms with van der Waals surface area (Å²) in [5.74, 6) is 0. The van der Waals surface area contributed by atoms with E-state index in [-0.39, 0.29) is 18.8 Å². The number of alkyl halides is 3. The van der Waals surface area contributed by atoms with Crippen molar-refractivity contribution in [2.75, 3.05) is 26.9 Å². The van der Waals surface area contributed by atoms with Crippen LogP contribution in [0.2, 0.25) is 0 Å². The van der Waals surface area contributed by atoms with Gasteiger partial charge in [-0.3, -0.25) is 0 Å². The predicted molar refractivity (Wildman–Crippen MR) is 55.4 cm³/mol. The van der Waals surface area contributed by atoms with Crippen molar-refractivity contribution in [3.05, 3.63) is 0 Å². The molecule has 0 aliphatic carbocycles. The maximum Gasteiger partial charge on any atom is 0.411 e. The van der Waals surface area contributed by atoms with Crippen LogP contribution in [0.4, 0.5) is 13.2 Å². The second-order valence-electron chi connectivity index (χ2n) is 3.70. The van der Waals surface area contributed by atoms with E-state index in [0.29, 0.717) is 13.0 Å². The van der Waals surface area contributed by atoms with Crippen molar-refractivity contribution >= 4 is 0 Å². The lowest BCUT2D eigenvalue weighted by molar-refractivity contribution is -0.173. The minimum atomic E-state index is -4.23. The Balaban J connectivity index is 3.34. The van der Waals surface area contributed by atoms with E-state index in [1.807, 2.05) is 13.8 Å². The quantitative estimate of drug-likeness (QED) is 0.661. The maximum atomic E-state index is 11.7. The zero-order valence-corrected chi connectivity index (χ0v) is 9.93. The number of ether oxygens (including phenoxy) is 2. The highest BCUT2D eigenvalue weighted by Gasteiger charge is 2.27. The summed E-state index contributed by atoms with van der Waals surface area (Å²) in [6.45, 7) is 3.45. The fourth-order valence-corrected chi connectivity index (χ4v) is 1.06. The van der Waals surface area contributed by atoms with Crippen LogP contribution < -0.4 is 5.32 Å². The molecular weight excluding hydrogens is 223 g/mol. The smallest absolute Gasteiger partial charge is 0.380 e. The fourth-order valence-electron chi connectivity index (χ4n) is 1.06. The van der Waals surface area contributed by atoms with Gasteiger partial charge in [-0.2, -0.15) is 13.2 Å². The standard InChI is InChI=1S/C10H20F3NO2/c1-8(9(2)15-3)14-5-4-6-16-7-10(11,12)13/h8-9,14H,4-7H2,1-3H3. The second-order valence-corrected chi connectivity index (χ2v) is 3.70. The van der Waals surface area contributed by atoms with Crippen LogP contribution in [0.25, 0.3) is 0 Å². The van der Waals surface area contributed by atoms with Crippen LogP contribution in [0.15, 0.2) is 0 Å². The van der Waals surface area contributed by atoms with Gasteiger partial charge in [0.2, 0.25) is 0 Å². The van der Waals surface area contributed by atoms with Crippen LogP contribution in [-0.4, -0.2) is 45.2 Å². The molecule has 0 aromatic heterocycles. The van der Waals surface area contributed by atoms with Crippen LogP contribution in [0.3, 0.4) is 0 Å². The first-order valence-electron chi connectivity index (χ1n) is 5.27. The van der Waals surface area contributed by atoms with Crippen molar-refractivity contribution in [1.29, 1.82) is 0 Å². The highest BCUT2D eigenvalue weighted by atomic mass is 19.4. The van der Waals surface area contributed by atoms with Crippen LogP contribution >= 0.6 is 0 Å². The summed E-state index contributed by atoms with van der Waals surface area (Å²) < 4.78 is 44.6. The summed E-state index contributed by atoms with van der Waals surface area (Å²) in [5, 5.41) is 3.14. The second kappa shape index (κ2) is 7.86. The van der Waals surface area contributed by atoms with Crippen molar-refractivity contribution in [1.82, 2.24) is 5.32 Å². The summed E-state index contributed by atoms with van der Waals surface area (Å²) in [4.78, 5) is 0. The fraction of sp³-hybridized carbons (Fsp3) is 1.00. The van der Waals surface area contributed by atoms with Gasteiger partial charge in [0.05, 0.1) is 6.10 Å². The third-order valence-electron chi connectivity index (χ3n) is 2.27. The van der Waals surface area contributed by atoms with Crippen molar-refractivity contribution in [3.63, 3.8) is 0 Å². The Hall–Kier alpha value is -0.330. The molecule has 3 nitrogen and oxygen atoms in total. The average Bonchev–Trinajstić information content (AvgIpc) is 2.20. The molecule has 0 radical (unpaired) electrons. The topological polar surface area (TPSA) is 30.5 Å². The summed E-state index contributed by atoms with van der Waals surface area (Å²) in [6.07, 6.45) is -3.60. The molecule has 0 saturated heterocycles. The third kappa shape index (κ3) is 8.94. The van der Waals surface area contributed by atoms with Gasteiger partial charge >= 0.3 is 6.18 Å². The molecule has 0 aromatic rings. The van der Waals surface area contributed by atoms with Crippen molar-refractivity contribution < 1.29 is 22.6 Å². The molecule has 98 valence electrons. The van der Waals surface area contributed by atoms with E-state index < -0.39 is 12.8 Å². The van der Waals surface area contributed by atoms with Gasteiger partial charge in [-0.15, -0.1) is 0 Å². The zero-order valence-electron chi connectivity index (χ0n) is 9.93. The molecule has 2 atom stereocenters. The SMILES string of the molecule is COC(C)C(C)NCCCOCC(F)(F)F. The average molecular weight is 243 g/mol. The van der Waals surface area contributed by atoms with E-state index in [1.165, 1.54) is 0 Å². The van der Waals surface area contributed by atoms with Gasteiger partial charge < -0.3 is 14.8 Å². The van der Waals surface area contributed by atoms with Crippen LogP contribution in [-0.2, 0) is 9.47 Å². The lowest BCUT2D eigenvalue weighted by atomic mass is 10.2. The Labute approximate surface area is 94.3 Å². The Bertz CT molecular complexity index is 176. The molecule has 0 fully saturated rings. The van der Waals surface area contributed by atoms with E-state index in [1.54, 1.807) is 7.11 Å². The number of methoxy groups -OCH3 is 1. The van der Waals surface area contributed by atoms with Crippen LogP contribution in [0, 0.1) is 0 Å². The first kappa shape index (κ1) is 15.7. The monoisotopic (exact) mass is 243 g/mol. The highest BCUT2D eigenvalue weighted by molar-refractivity contribution is 4.67. The van der Waals surface area contributed by atoms with E-state index in [9.17, 15) is 13.2 Å². The van der Waals surface area contributed by atoms with Crippen LogP contribution in [0.1, 0.15) is 20.3 Å². The number of rotatable bonds is 8. The Morgan fingerprint density at radius 2 is 1.88 bits per heavy atom. The Morgan fingerprint density at radius 1 is 1.25 bits per heavy atom. The first-order valence-corrected chi connectivity index (χ1v) is 5.27. The lowest BCUT2D eigenvalue weighted by Gasteiger charge is -2.19. The molecule has 0 bridgehead atoms. The molecule has 0 saturated carbocycles. The van der Waals surface area contributed by atoms with Crippen molar-refractivity contribution in [3.8, 4) is 0 Å². The Kier molecular flexibility index (Phi) is 7.70. The predicted octanol–water partition coefficient (Wildman–Crippen LogP) is 1.97. The summed E-state index contributed by atoms with van der Waals surface area (Å²) in [7, 11) is 1.62. The van der Waals surface area contributed by atoms with Gasteiger partial charge in [-0.25, -0.2) is 0 Å². The summed E-state index contributed by atoms with van der Waals surface area (Å²) in [6, 6.07) is 0.174. The molecule has 0 spiro atoms. The molecule has 0 aromatic carbocycles. The minimum Gasteiger partial charge on any atom is -0.380 e. The molecule has 0 aliphatic rings. The molecule has 0 rings (SSSR count). The molecule has 1 N–H and O–H groups in total. The minimum absolute atomic E-state index is 0.0797. The number of hydrogen-bond acceptors (Lipinski definition) is 3. The van der Waals surface area contributed by atoms with E-state index >= 15 is 0 Å². The van der Waals surface area contributed by atoms with Gasteiger partial charge in [-0.05, 0) is 26.8 Å². The van der Waals surface area contributed by atoms with Gasteiger partial charge in [0.15, 0.2) is 0 Å². The molecule has 16 heavy (non-hydrogen) atoms. The normalized spacial score (nSPS) is 16.1. The van der Waals surface area contributed by atoms with Gasteiger partial charge in [0.25, 0.3) is 0 Å². The molecule has 0 heterocycles. The van der Waals surface area contributed by atoms with Crippen LogP contribution in [0.5, 0.6) is 0 Å². The van der Waals surface area contributed by atoms with Gasteiger partial charge in [0, 0.05) is 19.8 Å². The third-order valence-corrected chi connectivity index (χ3v) is 2.27. The van der Waals surface area contributed by atoms with E-state index in [4.69, 9.17) is 4.74 Å². The van der Waals surface area contributed by atoms with E-state index in [2.05, 4.69) is 10.1 Å². The van der Waals surface area contributed by atoms with E-state index in [0.717, 1.165) is 0 Å². The number of hydrogen-bond donors (Lipinski definition) is 1. The zero-order chi connectivity index (χ0) is 12.6. The maximum absolute atomic E-state index is 11.7. The summed E-state index contributed by atoms with van der Waals surface area (Å²) in [5.41, 5.74) is 0. The van der Waals surface area contributed by atoms with Crippen molar-refractivity contribution in [2.45, 2.75) is 38.6 Å². The highest BCUT2D eigenvalue weighted by Crippen LogP contribution is 2.14. The summed E-state index contributed by atoms with van der Waals surface area (Å²) >= 11 is 0. The molecular formula is C10H20F3NO2. The van der Waals surface area contributed by atoms with Crippen molar-refractivity contribution in [2.24, 2.45) is 0 Å². The number of halogens is 3. The lowest BCUT2D eigenvalue weighted by Crippen LogP contribution is -2.37. The Morgan fingerprint density at radius 3 is 2.38 bits per heavy atom. The van der Waals surface area contributed by atoms with Gasteiger partial charge in [0.1, 0.15) is 6.61 Å². The molecule has 6 heteroatoms. The molecule has 0 aliphatic heterocycles. The number of nitrogens with one attached hydrogen (secondary N) is 1.